The summed E-state index contributed by atoms with van der Waals surface area (Å²) in [7, 11) is 0. The van der Waals surface area contributed by atoms with Gasteiger partial charge in [-0.2, -0.15) is 10.5 Å². The molecule has 26 heavy (non-hydrogen) atoms. The molecule has 3 aromatic rings. The highest BCUT2D eigenvalue weighted by molar-refractivity contribution is 7.36. The number of Topliss-reactive ketones (excluding diaryl/α,β-unsaturated/α-hetero) is 2. The number of hydrogen-bond acceptors (Lipinski definition) is 6. The second-order valence-electron chi connectivity index (χ2n) is 5.14. The van der Waals surface area contributed by atoms with Crippen molar-refractivity contribution in [2.24, 2.45) is 0 Å². The van der Waals surface area contributed by atoms with Crippen LogP contribution in [0.2, 0.25) is 0 Å². The van der Waals surface area contributed by atoms with Gasteiger partial charge in [-0.25, -0.2) is 0 Å². The molecule has 0 aliphatic rings. The van der Waals surface area contributed by atoms with Gasteiger partial charge in [0.2, 0.25) is 11.6 Å². The van der Waals surface area contributed by atoms with Crippen LogP contribution in [0, 0.1) is 22.7 Å². The number of nitrogens with zero attached hydrogens (tertiary/aromatic N) is 2. The van der Waals surface area contributed by atoms with E-state index in [1.165, 1.54) is 0 Å². The second-order valence-corrected chi connectivity index (χ2v) is 7.70. The van der Waals surface area contributed by atoms with Gasteiger partial charge in [0.1, 0.15) is 31.0 Å². The Balaban J connectivity index is 2.05. The van der Waals surface area contributed by atoms with E-state index in [4.69, 9.17) is 0 Å². The van der Waals surface area contributed by atoms with Crippen molar-refractivity contribution in [1.82, 2.24) is 0 Å². The zero-order valence-corrected chi connectivity index (χ0v) is 14.9. The zero-order chi connectivity index (χ0) is 18.5. The Bertz CT molecular complexity index is 1060. The van der Waals surface area contributed by atoms with Crippen LogP contribution in [0.15, 0.2) is 60.7 Å². The molecule has 1 aromatic heterocycles. The van der Waals surface area contributed by atoms with Crippen molar-refractivity contribution < 1.29 is 9.59 Å². The maximum atomic E-state index is 12.5. The number of ketones is 2. The summed E-state index contributed by atoms with van der Waals surface area (Å²) >= 11 is 2.24. The van der Waals surface area contributed by atoms with Crippen LogP contribution in [0.5, 0.6) is 0 Å². The van der Waals surface area contributed by atoms with Gasteiger partial charge in [0.15, 0.2) is 0 Å². The third-order valence-electron chi connectivity index (χ3n) is 3.53. The van der Waals surface area contributed by atoms with Crippen molar-refractivity contribution >= 4 is 45.4 Å². The summed E-state index contributed by atoms with van der Waals surface area (Å²) in [5.41, 5.74) is 0.908. The Morgan fingerprint density at radius 3 is 1.31 bits per heavy atom. The molecule has 0 atom stereocenters. The molecule has 0 radical (unpaired) electrons. The molecule has 124 valence electrons. The molecule has 0 unspecified atom stereocenters. The van der Waals surface area contributed by atoms with Crippen LogP contribution >= 0.6 is 22.7 Å². The Labute approximate surface area is 157 Å². The van der Waals surface area contributed by atoms with Gasteiger partial charge in [0, 0.05) is 11.1 Å². The summed E-state index contributed by atoms with van der Waals surface area (Å²) in [5, 5.41) is 18.7. The largest absolute Gasteiger partial charge is 0.288 e. The number of hydrogen-bond donors (Lipinski definition) is 0. The van der Waals surface area contributed by atoms with E-state index in [0.717, 1.165) is 22.7 Å². The summed E-state index contributed by atoms with van der Waals surface area (Å²) in [6.07, 6.45) is 0. The molecular formula is C20H10N2O2S2. The first kappa shape index (κ1) is 17.5. The Morgan fingerprint density at radius 2 is 1.00 bits per heavy atom. The van der Waals surface area contributed by atoms with Gasteiger partial charge in [-0.05, 0) is 0 Å². The fourth-order valence-electron chi connectivity index (χ4n) is 2.23. The molecule has 2 aromatic carbocycles. The van der Waals surface area contributed by atoms with Gasteiger partial charge in [0.25, 0.3) is 0 Å². The van der Waals surface area contributed by atoms with Gasteiger partial charge in [-0.15, -0.1) is 22.7 Å². The standard InChI is InChI=1S/C20H10N2O2S2/c21-11-15(17(23)13-7-3-1-4-8-13)19-25-20(26-19)16(12-22)18(24)14-9-5-2-6-10-14/h1-10H. The van der Waals surface area contributed by atoms with Crippen molar-refractivity contribution in [3.8, 4) is 12.1 Å². The summed E-state index contributed by atoms with van der Waals surface area (Å²) in [5.74, 6) is -0.731. The molecule has 0 bridgehead atoms. The van der Waals surface area contributed by atoms with E-state index in [-0.39, 0.29) is 22.7 Å². The highest BCUT2D eigenvalue weighted by atomic mass is 32.2. The van der Waals surface area contributed by atoms with E-state index < -0.39 is 0 Å². The van der Waals surface area contributed by atoms with Crippen LogP contribution < -0.4 is 7.69 Å². The quantitative estimate of drug-likeness (QED) is 0.658. The van der Waals surface area contributed by atoms with E-state index in [1.54, 1.807) is 60.7 Å². The minimum atomic E-state index is -0.366. The van der Waals surface area contributed by atoms with Crippen LogP contribution in [0.4, 0.5) is 0 Å². The molecule has 4 nitrogen and oxygen atoms in total. The third kappa shape index (κ3) is 3.38. The summed E-state index contributed by atoms with van der Waals surface area (Å²) < 4.78 is 1.01. The smallest absolute Gasteiger partial charge is 0.205 e. The third-order valence-corrected chi connectivity index (χ3v) is 6.09. The molecule has 0 saturated carbocycles. The fraction of sp³-hybridized carbons (Fsp3) is 0. The lowest BCUT2D eigenvalue weighted by Gasteiger charge is -2.02. The van der Waals surface area contributed by atoms with Crippen LogP contribution in [0.25, 0.3) is 11.1 Å². The van der Waals surface area contributed by atoms with Gasteiger partial charge in [-0.3, -0.25) is 9.59 Å². The van der Waals surface area contributed by atoms with Crippen LogP contribution in [-0.2, 0) is 0 Å². The van der Waals surface area contributed by atoms with Crippen LogP contribution in [-0.4, -0.2) is 11.6 Å². The van der Waals surface area contributed by atoms with Crippen molar-refractivity contribution in [2.75, 3.05) is 0 Å². The first-order chi connectivity index (χ1) is 12.7. The first-order valence-corrected chi connectivity index (χ1v) is 9.13. The molecule has 0 N–H and O–H groups in total. The molecular weight excluding hydrogens is 364 g/mol. The van der Waals surface area contributed by atoms with Gasteiger partial charge in [0.05, 0.1) is 0 Å². The average molecular weight is 374 g/mol. The van der Waals surface area contributed by atoms with Gasteiger partial charge >= 0.3 is 0 Å². The SMILES string of the molecule is N#CC(C(=O)c1ccccc1)=c1sc(=C(C#N)C(=O)c2ccccc2)s1. The van der Waals surface area contributed by atoms with Gasteiger partial charge < -0.3 is 0 Å². The maximum absolute atomic E-state index is 12.5. The maximum Gasteiger partial charge on any atom is 0.205 e. The topological polar surface area (TPSA) is 81.7 Å². The molecule has 0 fully saturated rings. The number of carbonyl (C=O) groups is 2. The molecule has 0 saturated heterocycles. The Kier molecular flexibility index (Phi) is 5.19. The molecule has 0 amide bonds. The summed E-state index contributed by atoms with van der Waals surface area (Å²) in [6, 6.07) is 20.9. The number of rotatable bonds is 4. The van der Waals surface area contributed by atoms with Crippen molar-refractivity contribution in [3.05, 3.63) is 79.5 Å². The van der Waals surface area contributed by atoms with Gasteiger partial charge in [-0.1, -0.05) is 60.7 Å². The Hall–Kier alpha value is -3.32. The fourth-order valence-corrected chi connectivity index (χ4v) is 4.29. The molecule has 0 spiro atoms. The molecule has 6 heteroatoms. The predicted molar refractivity (Wildman–Crippen MR) is 101 cm³/mol. The van der Waals surface area contributed by atoms with Crippen LogP contribution in [0.3, 0.4) is 0 Å². The lowest BCUT2D eigenvalue weighted by molar-refractivity contribution is 0.105. The van der Waals surface area contributed by atoms with E-state index >= 15 is 0 Å². The van der Waals surface area contributed by atoms with E-state index in [2.05, 4.69) is 0 Å². The molecule has 0 aliphatic carbocycles. The first-order valence-electron chi connectivity index (χ1n) is 7.49. The number of nitriles is 2. The van der Waals surface area contributed by atoms with Crippen molar-refractivity contribution in [1.29, 1.82) is 10.5 Å². The lowest BCUT2D eigenvalue weighted by Crippen LogP contribution is -2.21. The van der Waals surface area contributed by atoms with E-state index in [1.807, 2.05) is 12.1 Å². The lowest BCUT2D eigenvalue weighted by atomic mass is 10.1. The van der Waals surface area contributed by atoms with Crippen LogP contribution in [0.1, 0.15) is 20.7 Å². The van der Waals surface area contributed by atoms with Crippen molar-refractivity contribution in [2.45, 2.75) is 0 Å². The molecule has 3 rings (SSSR count). The summed E-state index contributed by atoms with van der Waals surface area (Å²) in [4.78, 5) is 24.9. The highest BCUT2D eigenvalue weighted by Crippen LogP contribution is 2.12. The molecule has 1 heterocycles. The van der Waals surface area contributed by atoms with E-state index in [0.29, 0.717) is 18.8 Å². The van der Waals surface area contributed by atoms with Crippen molar-refractivity contribution in [3.63, 3.8) is 0 Å². The normalized spacial score (nSPS) is 9.77. The minimum Gasteiger partial charge on any atom is -0.288 e. The highest BCUT2D eigenvalue weighted by Gasteiger charge is 2.18. The number of benzene rings is 2. The number of carbonyl (C=O) groups excluding carboxylic acids is 2. The van der Waals surface area contributed by atoms with E-state index in [9.17, 15) is 20.1 Å². The monoisotopic (exact) mass is 374 g/mol. The zero-order valence-electron chi connectivity index (χ0n) is 13.3. The minimum absolute atomic E-state index is 0.0272. The average Bonchev–Trinajstić information content (AvgIpc) is 2.67. The summed E-state index contributed by atoms with van der Waals surface area (Å²) in [6.45, 7) is 0. The predicted octanol–water partition coefficient (Wildman–Crippen LogP) is 2.92. The second kappa shape index (κ2) is 7.71. The molecule has 0 aliphatic heterocycles. The Morgan fingerprint density at radius 1 is 0.654 bits per heavy atom.